The maximum absolute atomic E-state index is 8.20. The molecule has 1 N–H and O–H groups in total. The second-order valence-corrected chi connectivity index (χ2v) is 1.43. The predicted octanol–water partition coefficient (Wildman–Crippen LogP) is -1.71. The molecule has 0 aromatic rings. The number of aliphatic hydroxyl groups is 1. The van der Waals surface area contributed by atoms with E-state index >= 15 is 0 Å². The van der Waals surface area contributed by atoms with Crippen molar-refractivity contribution in [1.82, 2.24) is 0 Å². The summed E-state index contributed by atoms with van der Waals surface area (Å²) in [5.41, 5.74) is 0. The van der Waals surface area contributed by atoms with Crippen LogP contribution in [0.25, 0.3) is 0 Å². The normalized spacial score (nSPS) is 7.71. The molecule has 0 aliphatic heterocycles. The van der Waals surface area contributed by atoms with Crippen molar-refractivity contribution in [1.29, 1.82) is 0 Å². The maximum atomic E-state index is 8.20. The third-order valence-corrected chi connectivity index (χ3v) is 0.762. The van der Waals surface area contributed by atoms with E-state index in [1.807, 2.05) is 0 Å². The van der Waals surface area contributed by atoms with Crippen molar-refractivity contribution in [3.63, 3.8) is 0 Å². The van der Waals surface area contributed by atoms with Crippen molar-refractivity contribution in [2.45, 2.75) is 26.2 Å². The number of rotatable bonds is 3. The van der Waals surface area contributed by atoms with E-state index in [2.05, 4.69) is 6.92 Å². The molecule has 0 atom stereocenters. The number of aliphatic hydroxyl groups excluding tert-OH is 1. The van der Waals surface area contributed by atoms with Crippen molar-refractivity contribution in [3.05, 3.63) is 0 Å². The Balaban J connectivity index is -0.000000125. The first-order chi connectivity index (χ1) is 2.91. The molecule has 0 aliphatic rings. The third-order valence-electron chi connectivity index (χ3n) is 0.762. The molecular formula is C5H13NaO. The van der Waals surface area contributed by atoms with E-state index in [1.165, 1.54) is 6.42 Å². The van der Waals surface area contributed by atoms with E-state index in [0.717, 1.165) is 12.8 Å². The summed E-state index contributed by atoms with van der Waals surface area (Å²) in [5, 5.41) is 8.20. The van der Waals surface area contributed by atoms with Crippen molar-refractivity contribution in [2.75, 3.05) is 6.61 Å². The molecule has 0 saturated heterocycles. The van der Waals surface area contributed by atoms with Gasteiger partial charge in [0.1, 0.15) is 0 Å². The van der Waals surface area contributed by atoms with Crippen LogP contribution in [0.5, 0.6) is 0 Å². The minimum absolute atomic E-state index is 0. The fourth-order valence-corrected chi connectivity index (χ4v) is 0.362. The smallest absolute Gasteiger partial charge is 1.00 e. The third kappa shape index (κ3) is 10.9. The van der Waals surface area contributed by atoms with Crippen LogP contribution in [0.2, 0.25) is 0 Å². The van der Waals surface area contributed by atoms with Gasteiger partial charge in [0.2, 0.25) is 0 Å². The first-order valence-corrected chi connectivity index (χ1v) is 2.52. The van der Waals surface area contributed by atoms with Gasteiger partial charge >= 0.3 is 29.6 Å². The molecule has 0 radical (unpaired) electrons. The first-order valence-electron chi connectivity index (χ1n) is 2.52. The molecule has 0 saturated carbocycles. The van der Waals surface area contributed by atoms with Crippen LogP contribution in [-0.2, 0) is 0 Å². The molecule has 0 unspecified atom stereocenters. The first kappa shape index (κ1) is 10.9. The Kier molecular flexibility index (Phi) is 15.6. The van der Waals surface area contributed by atoms with Gasteiger partial charge in [-0.2, -0.15) is 0 Å². The molecule has 2 heteroatoms. The van der Waals surface area contributed by atoms with Crippen LogP contribution in [0.3, 0.4) is 0 Å². The molecular weight excluding hydrogens is 99.0 g/mol. The number of hydrogen-bond acceptors (Lipinski definition) is 1. The van der Waals surface area contributed by atoms with E-state index in [9.17, 15) is 0 Å². The average Bonchev–Trinajstić information content (AvgIpc) is 1.61. The zero-order chi connectivity index (χ0) is 4.83. The molecule has 0 heterocycles. The Morgan fingerprint density at radius 1 is 1.43 bits per heavy atom. The van der Waals surface area contributed by atoms with Crippen molar-refractivity contribution >= 4 is 0 Å². The van der Waals surface area contributed by atoms with E-state index in [1.54, 1.807) is 0 Å². The summed E-state index contributed by atoms with van der Waals surface area (Å²) < 4.78 is 0. The zero-order valence-electron chi connectivity index (χ0n) is 6.28. The van der Waals surface area contributed by atoms with Crippen molar-refractivity contribution < 1.29 is 36.1 Å². The molecule has 0 rings (SSSR count). The van der Waals surface area contributed by atoms with Gasteiger partial charge in [-0.25, -0.2) is 0 Å². The molecule has 0 aromatic heterocycles. The molecule has 0 fully saturated rings. The van der Waals surface area contributed by atoms with Gasteiger partial charge < -0.3 is 6.53 Å². The predicted molar refractivity (Wildman–Crippen MR) is 27.7 cm³/mol. The fraction of sp³-hybridized carbons (Fsp3) is 1.00. The van der Waals surface area contributed by atoms with Gasteiger partial charge in [0.05, 0.1) is 0 Å². The van der Waals surface area contributed by atoms with Crippen LogP contribution in [0.15, 0.2) is 0 Å². The van der Waals surface area contributed by atoms with Gasteiger partial charge in [-0.05, 0) is 6.42 Å². The second-order valence-electron chi connectivity index (χ2n) is 1.43. The summed E-state index contributed by atoms with van der Waals surface area (Å²) in [5.74, 6) is 0. The summed E-state index contributed by atoms with van der Waals surface area (Å²) in [4.78, 5) is 0. The largest absolute Gasteiger partial charge is 1.00 e. The maximum Gasteiger partial charge on any atom is 1.00 e. The van der Waals surface area contributed by atoms with Crippen LogP contribution < -0.4 is 29.6 Å². The van der Waals surface area contributed by atoms with Crippen LogP contribution in [0, 0.1) is 0 Å². The minimum Gasteiger partial charge on any atom is -1.00 e. The Hall–Kier alpha value is 0.960. The van der Waals surface area contributed by atoms with Gasteiger partial charge in [-0.3, -0.25) is 0 Å². The average molecular weight is 112 g/mol. The minimum atomic E-state index is 0. The molecule has 0 spiro atoms. The van der Waals surface area contributed by atoms with Crippen LogP contribution in [-0.4, -0.2) is 11.7 Å². The van der Waals surface area contributed by atoms with Crippen LogP contribution in [0.4, 0.5) is 0 Å². The Labute approximate surface area is 68.9 Å². The molecule has 7 heavy (non-hydrogen) atoms. The molecule has 0 aromatic carbocycles. The van der Waals surface area contributed by atoms with E-state index in [4.69, 9.17) is 5.11 Å². The van der Waals surface area contributed by atoms with Gasteiger partial charge in [-0.1, -0.05) is 19.8 Å². The molecule has 1 nitrogen and oxygen atoms in total. The molecule has 40 valence electrons. The van der Waals surface area contributed by atoms with Crippen molar-refractivity contribution in [3.8, 4) is 0 Å². The molecule has 0 bridgehead atoms. The van der Waals surface area contributed by atoms with E-state index < -0.39 is 0 Å². The van der Waals surface area contributed by atoms with Crippen LogP contribution >= 0.6 is 0 Å². The second kappa shape index (κ2) is 10.0. The number of unbranched alkanes of at least 4 members (excludes halogenated alkanes) is 2. The fourth-order valence-electron chi connectivity index (χ4n) is 0.362. The summed E-state index contributed by atoms with van der Waals surface area (Å²) in [6, 6.07) is 0. The van der Waals surface area contributed by atoms with E-state index in [0.29, 0.717) is 6.61 Å². The Morgan fingerprint density at radius 2 is 2.00 bits per heavy atom. The van der Waals surface area contributed by atoms with E-state index in [-0.39, 0.29) is 31.0 Å². The Bertz CT molecular complexity index is 24.4. The van der Waals surface area contributed by atoms with Crippen LogP contribution in [0.1, 0.15) is 27.6 Å². The molecule has 0 aliphatic carbocycles. The summed E-state index contributed by atoms with van der Waals surface area (Å²) in [7, 11) is 0. The standard InChI is InChI=1S/C5H12O.Na.H/c1-2-3-4-5-6;;/h6H,2-5H2,1H3;;/q;+1;-1. The van der Waals surface area contributed by atoms with Gasteiger partial charge in [-0.15, -0.1) is 0 Å². The Morgan fingerprint density at radius 3 is 2.14 bits per heavy atom. The van der Waals surface area contributed by atoms with Crippen molar-refractivity contribution in [2.24, 2.45) is 0 Å². The van der Waals surface area contributed by atoms with Gasteiger partial charge in [0, 0.05) is 6.61 Å². The quantitative estimate of drug-likeness (QED) is 0.340. The van der Waals surface area contributed by atoms with Gasteiger partial charge in [0.25, 0.3) is 0 Å². The topological polar surface area (TPSA) is 20.2 Å². The SMILES string of the molecule is CCCCCO.[H-].[Na+]. The summed E-state index contributed by atoms with van der Waals surface area (Å²) >= 11 is 0. The number of hydrogen-bond donors (Lipinski definition) is 1. The van der Waals surface area contributed by atoms with Gasteiger partial charge in [0.15, 0.2) is 0 Å². The summed E-state index contributed by atoms with van der Waals surface area (Å²) in [6.45, 7) is 2.48. The zero-order valence-corrected chi connectivity index (χ0v) is 7.28. The molecule has 0 amide bonds. The monoisotopic (exact) mass is 112 g/mol. The summed E-state index contributed by atoms with van der Waals surface area (Å²) in [6.07, 6.45) is 3.33.